The summed E-state index contributed by atoms with van der Waals surface area (Å²) in [4.78, 5) is 3.95. The van der Waals surface area contributed by atoms with Crippen LogP contribution in [-0.4, -0.2) is 9.36 Å². The predicted octanol–water partition coefficient (Wildman–Crippen LogP) is 1.73. The summed E-state index contributed by atoms with van der Waals surface area (Å²) < 4.78 is 3.97. The highest BCUT2D eigenvalue weighted by Gasteiger charge is 1.97. The Morgan fingerprint density at radius 3 is 2.79 bits per heavy atom. The van der Waals surface area contributed by atoms with E-state index in [1.54, 1.807) is 12.4 Å². The molecular weight excluding hydrogens is 196 g/mol. The zero-order valence-electron chi connectivity index (χ0n) is 7.47. The van der Waals surface area contributed by atoms with Crippen LogP contribution in [0.1, 0.15) is 5.56 Å². The molecule has 0 aliphatic carbocycles. The average Bonchev–Trinajstić information content (AvgIpc) is 2.63. The van der Waals surface area contributed by atoms with Gasteiger partial charge in [0.2, 0.25) is 0 Å². The molecule has 0 saturated heterocycles. The van der Waals surface area contributed by atoms with E-state index in [-0.39, 0.29) is 0 Å². The van der Waals surface area contributed by atoms with Crippen molar-refractivity contribution in [3.8, 4) is 0 Å². The van der Waals surface area contributed by atoms with Crippen LogP contribution in [0.4, 0.5) is 10.8 Å². The van der Waals surface area contributed by atoms with Crippen LogP contribution in [0.5, 0.6) is 0 Å². The highest BCUT2D eigenvalue weighted by atomic mass is 32.1. The molecule has 0 amide bonds. The molecule has 0 radical (unpaired) electrons. The molecule has 2 aromatic heterocycles. The highest BCUT2D eigenvalue weighted by Crippen LogP contribution is 2.17. The summed E-state index contributed by atoms with van der Waals surface area (Å²) in [5.74, 6) is 0.562. The summed E-state index contributed by atoms with van der Waals surface area (Å²) in [5, 5.41) is 4.22. The first kappa shape index (κ1) is 8.96. The van der Waals surface area contributed by atoms with Crippen molar-refractivity contribution >= 4 is 22.4 Å². The van der Waals surface area contributed by atoms with Crippen LogP contribution in [0.15, 0.2) is 30.6 Å². The van der Waals surface area contributed by atoms with Crippen molar-refractivity contribution in [2.45, 2.75) is 6.54 Å². The van der Waals surface area contributed by atoms with E-state index in [0.29, 0.717) is 5.82 Å². The third-order valence-corrected chi connectivity index (χ3v) is 2.51. The van der Waals surface area contributed by atoms with Crippen molar-refractivity contribution in [3.05, 3.63) is 36.2 Å². The van der Waals surface area contributed by atoms with Crippen molar-refractivity contribution in [1.82, 2.24) is 9.36 Å². The fourth-order valence-corrected chi connectivity index (χ4v) is 1.63. The van der Waals surface area contributed by atoms with Crippen molar-refractivity contribution in [2.75, 3.05) is 11.1 Å². The van der Waals surface area contributed by atoms with Gasteiger partial charge in [0.25, 0.3) is 0 Å². The van der Waals surface area contributed by atoms with Gasteiger partial charge in [0.15, 0.2) is 0 Å². The molecule has 0 aromatic carbocycles. The number of hydrogen-bond acceptors (Lipinski definition) is 5. The number of nitrogens with one attached hydrogen (secondary N) is 1. The molecule has 72 valence electrons. The van der Waals surface area contributed by atoms with E-state index >= 15 is 0 Å². The molecule has 0 aliphatic heterocycles. The molecule has 0 unspecified atom stereocenters. The van der Waals surface area contributed by atoms with Gasteiger partial charge < -0.3 is 11.1 Å². The van der Waals surface area contributed by atoms with Gasteiger partial charge in [0.1, 0.15) is 10.8 Å². The third-order valence-electron chi connectivity index (χ3n) is 1.74. The van der Waals surface area contributed by atoms with Gasteiger partial charge in [0.05, 0.1) is 0 Å². The van der Waals surface area contributed by atoms with Gasteiger partial charge in [-0.1, -0.05) is 0 Å². The van der Waals surface area contributed by atoms with Crippen LogP contribution in [0.3, 0.4) is 0 Å². The lowest BCUT2D eigenvalue weighted by molar-refractivity contribution is 1.14. The minimum Gasteiger partial charge on any atom is -0.383 e. The van der Waals surface area contributed by atoms with E-state index in [1.807, 2.05) is 18.2 Å². The Morgan fingerprint density at radius 1 is 1.36 bits per heavy atom. The van der Waals surface area contributed by atoms with Gasteiger partial charge in [0, 0.05) is 25.0 Å². The summed E-state index contributed by atoms with van der Waals surface area (Å²) in [6.45, 7) is 0.768. The molecule has 0 fully saturated rings. The molecule has 0 bridgehead atoms. The number of anilines is 2. The minimum absolute atomic E-state index is 0.562. The Bertz CT molecular complexity index is 398. The van der Waals surface area contributed by atoms with Crippen LogP contribution >= 0.6 is 11.5 Å². The zero-order valence-corrected chi connectivity index (χ0v) is 8.29. The molecule has 5 heteroatoms. The molecule has 14 heavy (non-hydrogen) atoms. The first-order chi connectivity index (χ1) is 6.84. The monoisotopic (exact) mass is 206 g/mol. The molecule has 0 saturated carbocycles. The molecule has 0 atom stereocenters. The summed E-state index contributed by atoms with van der Waals surface area (Å²) in [6.07, 6.45) is 3.55. The number of pyridine rings is 1. The molecule has 2 heterocycles. The highest BCUT2D eigenvalue weighted by molar-refractivity contribution is 7.10. The van der Waals surface area contributed by atoms with Crippen LogP contribution in [0.25, 0.3) is 0 Å². The molecule has 0 aliphatic rings. The quantitative estimate of drug-likeness (QED) is 0.802. The Kier molecular flexibility index (Phi) is 2.60. The summed E-state index contributed by atoms with van der Waals surface area (Å²) >= 11 is 1.37. The van der Waals surface area contributed by atoms with Crippen molar-refractivity contribution in [3.63, 3.8) is 0 Å². The molecule has 3 N–H and O–H groups in total. The maximum atomic E-state index is 5.50. The van der Waals surface area contributed by atoms with E-state index in [2.05, 4.69) is 14.7 Å². The number of nitrogen functional groups attached to an aromatic ring is 1. The second-order valence-corrected chi connectivity index (χ2v) is 3.63. The second-order valence-electron chi connectivity index (χ2n) is 2.83. The lowest BCUT2D eigenvalue weighted by Gasteiger charge is -2.01. The average molecular weight is 206 g/mol. The smallest absolute Gasteiger partial charge is 0.139 e. The van der Waals surface area contributed by atoms with Gasteiger partial charge in [-0.3, -0.25) is 4.98 Å². The first-order valence-electron chi connectivity index (χ1n) is 4.19. The number of rotatable bonds is 3. The van der Waals surface area contributed by atoms with E-state index < -0.39 is 0 Å². The van der Waals surface area contributed by atoms with E-state index in [9.17, 15) is 0 Å². The summed E-state index contributed by atoms with van der Waals surface area (Å²) in [5.41, 5.74) is 6.68. The van der Waals surface area contributed by atoms with Crippen LogP contribution in [0.2, 0.25) is 0 Å². The van der Waals surface area contributed by atoms with Crippen LogP contribution < -0.4 is 11.1 Å². The van der Waals surface area contributed by atoms with E-state index in [4.69, 9.17) is 5.73 Å². The van der Waals surface area contributed by atoms with Gasteiger partial charge in [-0.2, -0.15) is 4.37 Å². The molecule has 4 nitrogen and oxygen atoms in total. The fourth-order valence-electron chi connectivity index (χ4n) is 1.06. The SMILES string of the molecule is Nc1cc(NCc2ccncc2)sn1. The third kappa shape index (κ3) is 2.20. The summed E-state index contributed by atoms with van der Waals surface area (Å²) in [7, 11) is 0. The predicted molar refractivity (Wildman–Crippen MR) is 58.1 cm³/mol. The normalized spacial score (nSPS) is 10.0. The van der Waals surface area contributed by atoms with Gasteiger partial charge in [-0.05, 0) is 29.2 Å². The van der Waals surface area contributed by atoms with Gasteiger partial charge in [-0.25, -0.2) is 0 Å². The first-order valence-corrected chi connectivity index (χ1v) is 4.97. The second kappa shape index (κ2) is 4.06. The maximum Gasteiger partial charge on any atom is 0.139 e. The Morgan fingerprint density at radius 2 is 2.14 bits per heavy atom. The lowest BCUT2D eigenvalue weighted by Crippen LogP contribution is -1.97. The molecular formula is C9H10N4S. The Labute approximate surface area is 86.0 Å². The Hall–Kier alpha value is -1.62. The largest absolute Gasteiger partial charge is 0.383 e. The van der Waals surface area contributed by atoms with Crippen molar-refractivity contribution in [1.29, 1.82) is 0 Å². The number of nitrogens with two attached hydrogens (primary N) is 1. The molecule has 0 spiro atoms. The van der Waals surface area contributed by atoms with Gasteiger partial charge in [-0.15, -0.1) is 0 Å². The summed E-state index contributed by atoms with van der Waals surface area (Å²) in [6, 6.07) is 5.76. The number of hydrogen-bond donors (Lipinski definition) is 2. The maximum absolute atomic E-state index is 5.50. The van der Waals surface area contributed by atoms with E-state index in [1.165, 1.54) is 17.1 Å². The standard InChI is InChI=1S/C9H10N4S/c10-8-5-9(14-13-8)12-6-7-1-3-11-4-2-7/h1-5,12H,6H2,(H2,10,13). The zero-order chi connectivity index (χ0) is 9.80. The van der Waals surface area contributed by atoms with Crippen LogP contribution in [0, 0.1) is 0 Å². The van der Waals surface area contributed by atoms with Gasteiger partial charge >= 0.3 is 0 Å². The molecule has 2 aromatic rings. The fraction of sp³-hybridized carbons (Fsp3) is 0.111. The van der Waals surface area contributed by atoms with E-state index in [0.717, 1.165) is 11.5 Å². The number of aromatic nitrogens is 2. The van der Waals surface area contributed by atoms with Crippen molar-refractivity contribution in [2.24, 2.45) is 0 Å². The topological polar surface area (TPSA) is 63.8 Å². The lowest BCUT2D eigenvalue weighted by atomic mass is 10.3. The number of nitrogens with zero attached hydrogens (tertiary/aromatic N) is 2. The Balaban J connectivity index is 1.95. The van der Waals surface area contributed by atoms with Crippen molar-refractivity contribution < 1.29 is 0 Å². The van der Waals surface area contributed by atoms with Crippen LogP contribution in [-0.2, 0) is 6.54 Å². The molecule has 2 rings (SSSR count). The minimum atomic E-state index is 0.562.